The molecular weight excluding hydrogens is 294 g/mol. The Labute approximate surface area is 145 Å². The van der Waals surface area contributed by atoms with Crippen LogP contribution in [0.2, 0.25) is 0 Å². The highest BCUT2D eigenvalue weighted by atomic mass is 16.3. The summed E-state index contributed by atoms with van der Waals surface area (Å²) >= 11 is 0. The van der Waals surface area contributed by atoms with Crippen LogP contribution in [0.5, 0.6) is 5.75 Å². The van der Waals surface area contributed by atoms with E-state index in [0.717, 1.165) is 34.6 Å². The van der Waals surface area contributed by atoms with Gasteiger partial charge in [-0.1, -0.05) is 69.2 Å². The molecule has 1 saturated carbocycles. The molecule has 2 heteroatoms. The van der Waals surface area contributed by atoms with E-state index in [4.69, 9.17) is 4.99 Å². The molecule has 126 valence electrons. The lowest BCUT2D eigenvalue weighted by molar-refractivity contribution is 0.242. The van der Waals surface area contributed by atoms with E-state index < -0.39 is 0 Å². The van der Waals surface area contributed by atoms with Gasteiger partial charge in [-0.3, -0.25) is 4.99 Å². The van der Waals surface area contributed by atoms with E-state index >= 15 is 0 Å². The molecular formula is C22H27NO. The fourth-order valence-electron chi connectivity index (χ4n) is 3.65. The molecule has 0 aromatic heterocycles. The van der Waals surface area contributed by atoms with E-state index in [1.807, 2.05) is 37.4 Å². The Balaban J connectivity index is 1.97. The topological polar surface area (TPSA) is 32.6 Å². The third kappa shape index (κ3) is 3.38. The minimum atomic E-state index is 0.344. The largest absolute Gasteiger partial charge is 0.507 e. The monoisotopic (exact) mass is 321 g/mol. The van der Waals surface area contributed by atoms with Gasteiger partial charge in [-0.15, -0.1) is 0 Å². The highest BCUT2D eigenvalue weighted by Crippen LogP contribution is 2.34. The van der Waals surface area contributed by atoms with Gasteiger partial charge < -0.3 is 5.11 Å². The zero-order valence-electron chi connectivity index (χ0n) is 14.9. The summed E-state index contributed by atoms with van der Waals surface area (Å²) in [6.45, 7) is 6.57. The minimum Gasteiger partial charge on any atom is -0.507 e. The molecule has 1 aliphatic carbocycles. The van der Waals surface area contributed by atoms with Crippen molar-refractivity contribution in [1.82, 2.24) is 0 Å². The molecule has 0 heterocycles. The van der Waals surface area contributed by atoms with Crippen molar-refractivity contribution in [3.63, 3.8) is 0 Å². The van der Waals surface area contributed by atoms with Crippen LogP contribution in [-0.2, 0) is 0 Å². The summed E-state index contributed by atoms with van der Waals surface area (Å²) in [7, 11) is 0. The number of hydrogen-bond donors (Lipinski definition) is 1. The van der Waals surface area contributed by atoms with Gasteiger partial charge >= 0.3 is 0 Å². The predicted octanol–water partition coefficient (Wildman–Crippen LogP) is 5.61. The van der Waals surface area contributed by atoms with E-state index in [1.54, 1.807) is 0 Å². The van der Waals surface area contributed by atoms with E-state index in [0.29, 0.717) is 17.7 Å². The molecule has 1 aliphatic rings. The van der Waals surface area contributed by atoms with Gasteiger partial charge in [0.15, 0.2) is 0 Å². The first kappa shape index (κ1) is 16.8. The molecule has 2 aromatic rings. The smallest absolute Gasteiger partial charge is 0.127 e. The van der Waals surface area contributed by atoms with Gasteiger partial charge in [0.25, 0.3) is 0 Å². The molecule has 0 amide bonds. The van der Waals surface area contributed by atoms with Crippen LogP contribution >= 0.6 is 0 Å². The summed E-state index contributed by atoms with van der Waals surface area (Å²) in [6, 6.07) is 14.6. The molecule has 0 bridgehead atoms. The zero-order valence-corrected chi connectivity index (χ0v) is 14.9. The number of hydrogen-bond acceptors (Lipinski definition) is 2. The molecule has 0 aliphatic heterocycles. The van der Waals surface area contributed by atoms with Crippen LogP contribution in [0.1, 0.15) is 44.2 Å². The van der Waals surface area contributed by atoms with Crippen molar-refractivity contribution < 1.29 is 5.11 Å². The maximum absolute atomic E-state index is 10.6. The Morgan fingerprint density at radius 3 is 2.54 bits per heavy atom. The van der Waals surface area contributed by atoms with Gasteiger partial charge in [0.2, 0.25) is 0 Å². The first-order valence-electron chi connectivity index (χ1n) is 8.99. The van der Waals surface area contributed by atoms with Crippen molar-refractivity contribution in [3.05, 3.63) is 53.6 Å². The standard InChI is InChI=1S/C22H27NO/c1-15-8-7-11-21(17(15)3)23-14-20-19(13-12-16(2)22(20)24)18-9-5-4-6-10-18/h4-6,9-10,12-15,17,21,24H,7-8,11H2,1-3H3. The lowest BCUT2D eigenvalue weighted by Crippen LogP contribution is -2.27. The first-order chi connectivity index (χ1) is 11.6. The maximum atomic E-state index is 10.6. The normalized spacial score (nSPS) is 24.4. The molecule has 3 atom stereocenters. The molecule has 0 radical (unpaired) electrons. The average molecular weight is 321 g/mol. The van der Waals surface area contributed by atoms with Crippen molar-refractivity contribution >= 4 is 6.21 Å². The van der Waals surface area contributed by atoms with Crippen molar-refractivity contribution in [2.45, 2.75) is 46.1 Å². The molecule has 3 unspecified atom stereocenters. The van der Waals surface area contributed by atoms with Gasteiger partial charge in [-0.25, -0.2) is 0 Å². The Morgan fingerprint density at radius 2 is 1.79 bits per heavy atom. The molecule has 0 saturated heterocycles. The predicted molar refractivity (Wildman–Crippen MR) is 102 cm³/mol. The Bertz CT molecular complexity index is 720. The summed E-state index contributed by atoms with van der Waals surface area (Å²) in [6.07, 6.45) is 5.61. The summed E-state index contributed by atoms with van der Waals surface area (Å²) in [5.41, 5.74) is 3.88. The average Bonchev–Trinajstić information content (AvgIpc) is 2.60. The van der Waals surface area contributed by atoms with Crippen LogP contribution in [0.3, 0.4) is 0 Å². The second-order valence-electron chi connectivity index (χ2n) is 7.17. The number of aromatic hydroxyl groups is 1. The van der Waals surface area contributed by atoms with E-state index in [2.05, 4.69) is 32.0 Å². The summed E-state index contributed by atoms with van der Waals surface area (Å²) in [5, 5.41) is 10.6. The van der Waals surface area contributed by atoms with Crippen LogP contribution in [0.15, 0.2) is 47.5 Å². The number of phenolic OH excluding ortho intramolecular Hbond substituents is 1. The highest BCUT2D eigenvalue weighted by Gasteiger charge is 2.26. The van der Waals surface area contributed by atoms with Crippen LogP contribution in [0.4, 0.5) is 0 Å². The Morgan fingerprint density at radius 1 is 1.04 bits per heavy atom. The quantitative estimate of drug-likeness (QED) is 0.732. The SMILES string of the molecule is Cc1ccc(-c2ccccc2)c(C=NC2CCCC(C)C2C)c1O. The minimum absolute atomic E-state index is 0.344. The fraction of sp³-hybridized carbons (Fsp3) is 0.409. The number of phenols is 1. The van der Waals surface area contributed by atoms with Gasteiger partial charge in [0.05, 0.1) is 6.04 Å². The van der Waals surface area contributed by atoms with Crippen molar-refractivity contribution in [2.75, 3.05) is 0 Å². The number of aryl methyl sites for hydroxylation is 1. The fourth-order valence-corrected chi connectivity index (χ4v) is 3.65. The number of aliphatic imine (C=N–C) groups is 1. The number of nitrogens with zero attached hydrogens (tertiary/aromatic N) is 1. The Kier molecular flexibility index (Phi) is 5.03. The van der Waals surface area contributed by atoms with Gasteiger partial charge in [-0.2, -0.15) is 0 Å². The molecule has 0 spiro atoms. The van der Waals surface area contributed by atoms with Crippen molar-refractivity contribution in [2.24, 2.45) is 16.8 Å². The highest BCUT2D eigenvalue weighted by molar-refractivity contribution is 5.94. The van der Waals surface area contributed by atoms with Gasteiger partial charge in [-0.05, 0) is 41.9 Å². The zero-order chi connectivity index (χ0) is 17.1. The maximum Gasteiger partial charge on any atom is 0.127 e. The third-order valence-corrected chi connectivity index (χ3v) is 5.56. The first-order valence-corrected chi connectivity index (χ1v) is 8.99. The number of benzene rings is 2. The van der Waals surface area contributed by atoms with Crippen LogP contribution < -0.4 is 0 Å². The lowest BCUT2D eigenvalue weighted by Gasteiger charge is -2.31. The summed E-state index contributed by atoms with van der Waals surface area (Å²) in [5.74, 6) is 1.67. The van der Waals surface area contributed by atoms with Crippen LogP contribution in [-0.4, -0.2) is 17.4 Å². The van der Waals surface area contributed by atoms with E-state index in [1.165, 1.54) is 12.8 Å². The van der Waals surface area contributed by atoms with Gasteiger partial charge in [0.1, 0.15) is 5.75 Å². The van der Waals surface area contributed by atoms with Crippen molar-refractivity contribution in [3.8, 4) is 16.9 Å². The van der Waals surface area contributed by atoms with E-state index in [-0.39, 0.29) is 0 Å². The van der Waals surface area contributed by atoms with Crippen LogP contribution in [0, 0.1) is 18.8 Å². The molecule has 2 aromatic carbocycles. The second kappa shape index (κ2) is 7.21. The van der Waals surface area contributed by atoms with E-state index in [9.17, 15) is 5.11 Å². The Hall–Kier alpha value is -2.09. The molecule has 1 fully saturated rings. The molecule has 2 nitrogen and oxygen atoms in total. The van der Waals surface area contributed by atoms with Gasteiger partial charge in [0, 0.05) is 11.8 Å². The summed E-state index contributed by atoms with van der Waals surface area (Å²) < 4.78 is 0. The van der Waals surface area contributed by atoms with Crippen molar-refractivity contribution in [1.29, 1.82) is 0 Å². The van der Waals surface area contributed by atoms with Crippen LogP contribution in [0.25, 0.3) is 11.1 Å². The third-order valence-electron chi connectivity index (χ3n) is 5.56. The summed E-state index contributed by atoms with van der Waals surface area (Å²) in [4.78, 5) is 4.89. The number of rotatable bonds is 3. The molecule has 1 N–H and O–H groups in total. The lowest BCUT2D eigenvalue weighted by atomic mass is 9.78. The molecule has 24 heavy (non-hydrogen) atoms. The molecule has 3 rings (SSSR count). The second-order valence-corrected chi connectivity index (χ2v) is 7.17.